The number of ether oxygens (including phenoxy) is 1. The fourth-order valence-corrected chi connectivity index (χ4v) is 3.93. The molecule has 2 heterocycles. The van der Waals surface area contributed by atoms with Crippen LogP contribution in [-0.4, -0.2) is 45.9 Å². The number of carbonyl (C=O) groups is 1. The molecule has 2 aliphatic rings. The third-order valence-corrected chi connectivity index (χ3v) is 5.66. The number of anilines is 2. The van der Waals surface area contributed by atoms with E-state index in [0.29, 0.717) is 16.8 Å². The summed E-state index contributed by atoms with van der Waals surface area (Å²) in [6, 6.07) is 5.12. The second-order valence-electron chi connectivity index (χ2n) is 7.63. The Morgan fingerprint density at radius 1 is 1.27 bits per heavy atom. The van der Waals surface area contributed by atoms with Crippen LogP contribution in [0, 0.1) is 6.92 Å². The highest BCUT2D eigenvalue weighted by Gasteiger charge is 2.40. The maximum atomic E-state index is 13.9. The minimum atomic E-state index is -1.27. The van der Waals surface area contributed by atoms with E-state index in [4.69, 9.17) is 16.3 Å². The molecule has 0 unspecified atom stereocenters. The number of aromatic nitrogens is 3. The van der Waals surface area contributed by atoms with E-state index in [1.165, 1.54) is 18.1 Å². The van der Waals surface area contributed by atoms with Gasteiger partial charge < -0.3 is 10.1 Å². The van der Waals surface area contributed by atoms with E-state index in [2.05, 4.69) is 32.4 Å². The number of amides is 1. The van der Waals surface area contributed by atoms with E-state index in [0.717, 1.165) is 23.3 Å². The molecule has 1 fully saturated rings. The number of cyclic esters (lactones) is 1. The molecule has 0 bridgehead atoms. The zero-order chi connectivity index (χ0) is 21.4. The summed E-state index contributed by atoms with van der Waals surface area (Å²) in [7, 11) is 0. The van der Waals surface area contributed by atoms with Gasteiger partial charge in [-0.05, 0) is 62.4 Å². The first-order valence-electron chi connectivity index (χ1n) is 9.90. The SMILES string of the molecule is Cc1nc(N[C@@H](C)C2=Cc3cc(Cl)ccc3CC2)nc(N2C(=O)OC[C@@H]2[C@H](C)F)n1. The van der Waals surface area contributed by atoms with Crippen LogP contribution in [0.25, 0.3) is 6.08 Å². The smallest absolute Gasteiger partial charge is 0.417 e. The molecule has 1 aliphatic heterocycles. The van der Waals surface area contributed by atoms with Gasteiger partial charge in [-0.25, -0.2) is 14.1 Å². The average molecular weight is 432 g/mol. The highest BCUT2D eigenvalue weighted by molar-refractivity contribution is 6.30. The Bertz CT molecular complexity index is 1010. The Hall–Kier alpha value is -2.74. The molecule has 30 heavy (non-hydrogen) atoms. The van der Waals surface area contributed by atoms with E-state index in [9.17, 15) is 9.18 Å². The summed E-state index contributed by atoms with van der Waals surface area (Å²) >= 11 is 6.14. The Morgan fingerprint density at radius 2 is 2.07 bits per heavy atom. The molecule has 7 nitrogen and oxygen atoms in total. The molecule has 1 aromatic carbocycles. The number of aryl methyl sites for hydroxylation is 2. The Morgan fingerprint density at radius 3 is 2.83 bits per heavy atom. The number of nitrogens with one attached hydrogen (secondary N) is 1. The molecule has 0 saturated carbocycles. The maximum Gasteiger partial charge on any atom is 0.417 e. The number of hydrogen-bond donors (Lipinski definition) is 1. The van der Waals surface area contributed by atoms with Crippen LogP contribution in [-0.2, 0) is 11.2 Å². The van der Waals surface area contributed by atoms with Crippen LogP contribution >= 0.6 is 11.6 Å². The number of carbonyl (C=O) groups excluding carboxylic acids is 1. The second-order valence-corrected chi connectivity index (χ2v) is 8.06. The highest BCUT2D eigenvalue weighted by atomic mass is 35.5. The lowest BCUT2D eigenvalue weighted by Crippen LogP contribution is -2.40. The normalized spacial score (nSPS) is 20.3. The Kier molecular flexibility index (Phi) is 5.60. The van der Waals surface area contributed by atoms with Crippen molar-refractivity contribution in [2.45, 2.75) is 51.9 Å². The van der Waals surface area contributed by atoms with Crippen LogP contribution in [0.5, 0.6) is 0 Å². The third-order valence-electron chi connectivity index (χ3n) is 5.42. The first-order chi connectivity index (χ1) is 14.3. The van der Waals surface area contributed by atoms with Gasteiger partial charge in [0.15, 0.2) is 0 Å². The van der Waals surface area contributed by atoms with Gasteiger partial charge in [-0.2, -0.15) is 15.0 Å². The molecule has 4 rings (SSSR count). The van der Waals surface area contributed by atoms with E-state index in [-0.39, 0.29) is 18.6 Å². The Labute approximate surface area is 179 Å². The van der Waals surface area contributed by atoms with Crippen molar-refractivity contribution in [2.75, 3.05) is 16.8 Å². The molecule has 1 N–H and O–H groups in total. The van der Waals surface area contributed by atoms with Crippen molar-refractivity contribution in [3.05, 3.63) is 45.7 Å². The largest absolute Gasteiger partial charge is 0.447 e. The summed E-state index contributed by atoms with van der Waals surface area (Å²) < 4.78 is 18.9. The molecular weight excluding hydrogens is 409 g/mol. The molecule has 1 amide bonds. The van der Waals surface area contributed by atoms with E-state index in [1.54, 1.807) is 6.92 Å². The van der Waals surface area contributed by atoms with Crippen LogP contribution in [0.15, 0.2) is 23.8 Å². The first-order valence-corrected chi connectivity index (χ1v) is 10.3. The van der Waals surface area contributed by atoms with Crippen LogP contribution in [0.2, 0.25) is 5.02 Å². The van der Waals surface area contributed by atoms with Crippen molar-refractivity contribution in [1.29, 1.82) is 0 Å². The number of fused-ring (bicyclic) bond motifs is 1. The maximum absolute atomic E-state index is 13.9. The zero-order valence-corrected chi connectivity index (χ0v) is 17.8. The molecule has 1 aliphatic carbocycles. The summed E-state index contributed by atoms with van der Waals surface area (Å²) in [5.41, 5.74) is 3.58. The molecule has 2 aromatic rings. The van der Waals surface area contributed by atoms with Crippen molar-refractivity contribution in [1.82, 2.24) is 15.0 Å². The predicted molar refractivity (Wildman–Crippen MR) is 114 cm³/mol. The zero-order valence-electron chi connectivity index (χ0n) is 17.0. The number of rotatable bonds is 5. The topological polar surface area (TPSA) is 80.2 Å². The van der Waals surface area contributed by atoms with E-state index in [1.807, 2.05) is 19.1 Å². The number of halogens is 2. The lowest BCUT2D eigenvalue weighted by atomic mass is 9.89. The van der Waals surface area contributed by atoms with Crippen molar-refractivity contribution < 1.29 is 13.9 Å². The van der Waals surface area contributed by atoms with Crippen LogP contribution in [0.4, 0.5) is 21.1 Å². The van der Waals surface area contributed by atoms with Gasteiger partial charge in [0.25, 0.3) is 0 Å². The standard InChI is InChI=1S/C21H23ClFN5O2/c1-11(23)18-10-30-21(29)28(18)20-26-13(3)25-19(27-20)24-12(2)15-5-4-14-6-7-17(22)9-16(14)8-15/h6-9,11-12,18H,4-5,10H2,1-3H3,(H,24,25,26,27)/t11-,12-,18+/m0/s1. The summed E-state index contributed by atoms with van der Waals surface area (Å²) in [6.45, 7) is 5.08. The van der Waals surface area contributed by atoms with Crippen molar-refractivity contribution >= 4 is 35.7 Å². The molecule has 0 radical (unpaired) electrons. The molecule has 158 valence electrons. The molecule has 0 spiro atoms. The lowest BCUT2D eigenvalue weighted by molar-refractivity contribution is 0.174. The number of alkyl halides is 1. The summed E-state index contributed by atoms with van der Waals surface area (Å²) in [5.74, 6) is 0.839. The summed E-state index contributed by atoms with van der Waals surface area (Å²) in [5, 5.41) is 3.99. The Balaban J connectivity index is 1.57. The minimum Gasteiger partial charge on any atom is -0.447 e. The molecule has 1 aromatic heterocycles. The summed E-state index contributed by atoms with van der Waals surface area (Å²) in [6.07, 6.45) is 2.04. The fraction of sp³-hybridized carbons (Fsp3) is 0.429. The van der Waals surface area contributed by atoms with Gasteiger partial charge in [-0.15, -0.1) is 0 Å². The monoisotopic (exact) mass is 431 g/mol. The van der Waals surface area contributed by atoms with Crippen molar-refractivity contribution in [2.24, 2.45) is 0 Å². The third kappa shape index (κ3) is 4.09. The van der Waals surface area contributed by atoms with Crippen molar-refractivity contribution in [3.63, 3.8) is 0 Å². The molecule has 1 saturated heterocycles. The van der Waals surface area contributed by atoms with Gasteiger partial charge in [-0.1, -0.05) is 23.7 Å². The van der Waals surface area contributed by atoms with Gasteiger partial charge in [0.1, 0.15) is 24.6 Å². The quantitative estimate of drug-likeness (QED) is 0.758. The highest BCUT2D eigenvalue weighted by Crippen LogP contribution is 2.29. The fourth-order valence-electron chi connectivity index (χ4n) is 3.75. The number of hydrogen-bond acceptors (Lipinski definition) is 6. The lowest BCUT2D eigenvalue weighted by Gasteiger charge is -2.24. The van der Waals surface area contributed by atoms with Crippen LogP contribution in [0.3, 0.4) is 0 Å². The van der Waals surface area contributed by atoms with E-state index < -0.39 is 18.3 Å². The number of nitrogens with zero attached hydrogens (tertiary/aromatic N) is 4. The predicted octanol–water partition coefficient (Wildman–Crippen LogP) is 4.35. The van der Waals surface area contributed by atoms with Gasteiger partial charge in [-0.3, -0.25) is 0 Å². The van der Waals surface area contributed by atoms with Crippen LogP contribution in [0.1, 0.15) is 37.2 Å². The molecular formula is C21H23ClFN5O2. The van der Waals surface area contributed by atoms with Crippen LogP contribution < -0.4 is 10.2 Å². The van der Waals surface area contributed by atoms with Gasteiger partial charge >= 0.3 is 6.09 Å². The van der Waals surface area contributed by atoms with Gasteiger partial charge in [0.05, 0.1) is 0 Å². The van der Waals surface area contributed by atoms with Gasteiger partial charge in [0, 0.05) is 11.1 Å². The number of benzene rings is 1. The minimum absolute atomic E-state index is 0.0325. The average Bonchev–Trinajstić information content (AvgIpc) is 3.08. The van der Waals surface area contributed by atoms with E-state index >= 15 is 0 Å². The summed E-state index contributed by atoms with van der Waals surface area (Å²) in [4.78, 5) is 26.2. The second kappa shape index (κ2) is 8.18. The van der Waals surface area contributed by atoms with Gasteiger partial charge in [0.2, 0.25) is 11.9 Å². The molecule has 3 atom stereocenters. The van der Waals surface area contributed by atoms with Crippen molar-refractivity contribution in [3.8, 4) is 0 Å². The molecule has 9 heteroatoms. The first kappa shape index (κ1) is 20.5.